The number of aliphatic carboxylic acids is 1. The lowest BCUT2D eigenvalue weighted by Crippen LogP contribution is -2.12. The third-order valence-electron chi connectivity index (χ3n) is 2.07. The van der Waals surface area contributed by atoms with Gasteiger partial charge in [0.2, 0.25) is 0 Å². The van der Waals surface area contributed by atoms with Crippen LogP contribution in [0.3, 0.4) is 0 Å². The van der Waals surface area contributed by atoms with Crippen molar-refractivity contribution in [3.8, 4) is 0 Å². The molecule has 0 aliphatic rings. The van der Waals surface area contributed by atoms with Gasteiger partial charge in [0.25, 0.3) is 0 Å². The summed E-state index contributed by atoms with van der Waals surface area (Å²) < 4.78 is 0. The molecule has 1 aromatic rings. The van der Waals surface area contributed by atoms with Gasteiger partial charge < -0.3 is 10.4 Å². The maximum Gasteiger partial charge on any atom is 0.303 e. The molecule has 0 aromatic carbocycles. The predicted molar refractivity (Wildman–Crippen MR) is 61.4 cm³/mol. The Labute approximate surface area is 93.4 Å². The van der Waals surface area contributed by atoms with Crippen LogP contribution >= 0.6 is 11.3 Å². The van der Waals surface area contributed by atoms with Crippen molar-refractivity contribution in [3.05, 3.63) is 11.1 Å². The summed E-state index contributed by atoms with van der Waals surface area (Å²) in [5.41, 5.74) is 1.01. The highest BCUT2D eigenvalue weighted by molar-refractivity contribution is 7.13. The van der Waals surface area contributed by atoms with Gasteiger partial charge in [-0.1, -0.05) is 6.92 Å². The summed E-state index contributed by atoms with van der Waals surface area (Å²) in [4.78, 5) is 14.6. The quantitative estimate of drug-likeness (QED) is 0.784. The largest absolute Gasteiger partial charge is 0.481 e. The normalized spacial score (nSPS) is 12.4. The Morgan fingerprint density at radius 1 is 1.73 bits per heavy atom. The second-order valence-electron chi connectivity index (χ2n) is 3.71. The van der Waals surface area contributed by atoms with Crippen LogP contribution in [0.1, 0.15) is 25.5 Å². The molecule has 1 heterocycles. The van der Waals surface area contributed by atoms with Gasteiger partial charge in [-0.3, -0.25) is 4.79 Å². The molecule has 0 aliphatic heterocycles. The molecule has 0 aliphatic carbocycles. The van der Waals surface area contributed by atoms with E-state index in [0.29, 0.717) is 12.3 Å². The molecule has 0 saturated heterocycles. The van der Waals surface area contributed by atoms with Crippen molar-refractivity contribution in [2.24, 2.45) is 5.92 Å². The molecule has 84 valence electrons. The van der Waals surface area contributed by atoms with E-state index in [1.165, 1.54) is 0 Å². The average molecular weight is 228 g/mol. The van der Waals surface area contributed by atoms with E-state index in [-0.39, 0.29) is 6.42 Å². The van der Waals surface area contributed by atoms with Crippen LogP contribution in [0, 0.1) is 12.8 Å². The van der Waals surface area contributed by atoms with E-state index in [1.54, 1.807) is 11.3 Å². The smallest absolute Gasteiger partial charge is 0.303 e. The summed E-state index contributed by atoms with van der Waals surface area (Å²) in [6.07, 6.45) is 0.937. The fourth-order valence-corrected chi connectivity index (χ4v) is 1.87. The molecular weight excluding hydrogens is 212 g/mol. The van der Waals surface area contributed by atoms with Crippen molar-refractivity contribution in [3.63, 3.8) is 0 Å². The molecule has 0 bridgehead atoms. The zero-order chi connectivity index (χ0) is 11.3. The third kappa shape index (κ3) is 4.78. The van der Waals surface area contributed by atoms with E-state index in [1.807, 2.05) is 19.2 Å². The van der Waals surface area contributed by atoms with E-state index in [0.717, 1.165) is 17.4 Å². The topological polar surface area (TPSA) is 62.2 Å². The van der Waals surface area contributed by atoms with Gasteiger partial charge in [-0.05, 0) is 19.3 Å². The van der Waals surface area contributed by atoms with Gasteiger partial charge in [-0.2, -0.15) is 0 Å². The number of thiazole rings is 1. The number of carbonyl (C=O) groups is 1. The van der Waals surface area contributed by atoms with Crippen molar-refractivity contribution in [2.75, 3.05) is 11.9 Å². The van der Waals surface area contributed by atoms with Crippen LogP contribution in [-0.2, 0) is 4.79 Å². The lowest BCUT2D eigenvalue weighted by Gasteiger charge is -2.09. The summed E-state index contributed by atoms with van der Waals surface area (Å²) in [5, 5.41) is 14.6. The van der Waals surface area contributed by atoms with Crippen molar-refractivity contribution in [1.82, 2.24) is 4.98 Å². The van der Waals surface area contributed by atoms with Gasteiger partial charge in [-0.15, -0.1) is 11.3 Å². The standard InChI is InChI=1S/C10H16N2O2S/c1-7(3-4-9(13)14)5-11-10-12-8(2)6-15-10/h6-7H,3-5H2,1-2H3,(H,11,12)(H,13,14). The minimum absolute atomic E-state index is 0.236. The summed E-state index contributed by atoms with van der Waals surface area (Å²) in [6.45, 7) is 4.77. The Morgan fingerprint density at radius 2 is 2.47 bits per heavy atom. The lowest BCUT2D eigenvalue weighted by molar-refractivity contribution is -0.137. The fourth-order valence-electron chi connectivity index (χ4n) is 1.17. The van der Waals surface area contributed by atoms with Crippen molar-refractivity contribution >= 4 is 22.4 Å². The number of carboxylic acids is 1. The van der Waals surface area contributed by atoms with E-state index >= 15 is 0 Å². The molecule has 1 unspecified atom stereocenters. The van der Waals surface area contributed by atoms with Crippen molar-refractivity contribution in [1.29, 1.82) is 0 Å². The number of aryl methyl sites for hydroxylation is 1. The van der Waals surface area contributed by atoms with Gasteiger partial charge >= 0.3 is 5.97 Å². The highest BCUT2D eigenvalue weighted by Crippen LogP contribution is 2.15. The molecule has 1 aromatic heterocycles. The van der Waals surface area contributed by atoms with Gasteiger partial charge in [-0.25, -0.2) is 4.98 Å². The van der Waals surface area contributed by atoms with E-state index in [4.69, 9.17) is 5.11 Å². The molecule has 4 nitrogen and oxygen atoms in total. The van der Waals surface area contributed by atoms with Crippen molar-refractivity contribution in [2.45, 2.75) is 26.7 Å². The number of anilines is 1. The number of aromatic nitrogens is 1. The molecule has 15 heavy (non-hydrogen) atoms. The molecule has 0 radical (unpaired) electrons. The van der Waals surface area contributed by atoms with Crippen LogP contribution in [0.15, 0.2) is 5.38 Å². The maximum atomic E-state index is 10.4. The van der Waals surface area contributed by atoms with Crippen LogP contribution in [-0.4, -0.2) is 22.6 Å². The minimum Gasteiger partial charge on any atom is -0.481 e. The van der Waals surface area contributed by atoms with Crippen LogP contribution in [0.2, 0.25) is 0 Å². The van der Waals surface area contributed by atoms with Crippen molar-refractivity contribution < 1.29 is 9.90 Å². The number of nitrogens with zero attached hydrogens (tertiary/aromatic N) is 1. The Hall–Kier alpha value is -1.10. The molecular formula is C10H16N2O2S. The fraction of sp³-hybridized carbons (Fsp3) is 0.600. The highest BCUT2D eigenvalue weighted by Gasteiger charge is 2.06. The Balaban J connectivity index is 2.22. The molecule has 0 fully saturated rings. The molecule has 1 rings (SSSR count). The van der Waals surface area contributed by atoms with E-state index in [9.17, 15) is 4.79 Å². The summed E-state index contributed by atoms with van der Waals surface area (Å²) in [5.74, 6) is -0.378. The molecule has 1 atom stereocenters. The minimum atomic E-state index is -0.730. The van der Waals surface area contributed by atoms with Gasteiger partial charge in [0, 0.05) is 18.3 Å². The van der Waals surface area contributed by atoms with Gasteiger partial charge in [0.15, 0.2) is 5.13 Å². The third-order valence-corrected chi connectivity index (χ3v) is 2.99. The average Bonchev–Trinajstić information content (AvgIpc) is 2.58. The molecule has 0 spiro atoms. The number of hydrogen-bond donors (Lipinski definition) is 2. The number of hydrogen-bond acceptors (Lipinski definition) is 4. The first-order chi connectivity index (χ1) is 7.08. The first-order valence-corrected chi connectivity index (χ1v) is 5.83. The SMILES string of the molecule is Cc1csc(NCC(C)CCC(=O)O)n1. The van der Waals surface area contributed by atoms with Crippen LogP contribution < -0.4 is 5.32 Å². The van der Waals surface area contributed by atoms with E-state index in [2.05, 4.69) is 10.3 Å². The predicted octanol–water partition coefficient (Wildman–Crippen LogP) is 2.36. The number of nitrogens with one attached hydrogen (secondary N) is 1. The lowest BCUT2D eigenvalue weighted by atomic mass is 10.1. The van der Waals surface area contributed by atoms with Crippen LogP contribution in [0.5, 0.6) is 0 Å². The summed E-state index contributed by atoms with van der Waals surface area (Å²) in [6, 6.07) is 0. The van der Waals surface area contributed by atoms with Gasteiger partial charge in [0.1, 0.15) is 0 Å². The second kappa shape index (κ2) is 5.70. The first-order valence-electron chi connectivity index (χ1n) is 4.95. The van der Waals surface area contributed by atoms with Gasteiger partial charge in [0.05, 0.1) is 5.69 Å². The van der Waals surface area contributed by atoms with E-state index < -0.39 is 5.97 Å². The highest BCUT2D eigenvalue weighted by atomic mass is 32.1. The van der Waals surface area contributed by atoms with Crippen LogP contribution in [0.4, 0.5) is 5.13 Å². The zero-order valence-corrected chi connectivity index (χ0v) is 9.80. The molecule has 2 N–H and O–H groups in total. The Bertz CT molecular complexity index is 325. The zero-order valence-electron chi connectivity index (χ0n) is 8.99. The molecule has 0 amide bonds. The summed E-state index contributed by atoms with van der Waals surface area (Å²) >= 11 is 1.58. The molecule has 0 saturated carbocycles. The number of rotatable bonds is 6. The van der Waals surface area contributed by atoms with Crippen LogP contribution in [0.25, 0.3) is 0 Å². The Kier molecular flexibility index (Phi) is 4.55. The molecule has 5 heteroatoms. The monoisotopic (exact) mass is 228 g/mol. The summed E-state index contributed by atoms with van der Waals surface area (Å²) in [7, 11) is 0. The number of carboxylic acid groups (broad SMARTS) is 1. The first kappa shape index (κ1) is 12.0. The maximum absolute atomic E-state index is 10.4. The Morgan fingerprint density at radius 3 is 3.00 bits per heavy atom. The second-order valence-corrected chi connectivity index (χ2v) is 4.57.